The number of nitrogens with one attached hydrogen (secondary N) is 1. The third kappa shape index (κ3) is 4.46. The number of carbonyl (C=O) groups is 1. The third-order valence-electron chi connectivity index (χ3n) is 4.90. The van der Waals surface area contributed by atoms with Crippen LogP contribution in [0.1, 0.15) is 42.4 Å². The second-order valence-electron chi connectivity index (χ2n) is 8.24. The minimum Gasteiger partial charge on any atom is -0.297 e. The van der Waals surface area contributed by atoms with E-state index in [4.69, 9.17) is 0 Å². The van der Waals surface area contributed by atoms with E-state index < -0.39 is 5.82 Å². The summed E-state index contributed by atoms with van der Waals surface area (Å²) in [4.78, 5) is 17.0. The first-order chi connectivity index (χ1) is 15.1. The zero-order valence-electron chi connectivity index (χ0n) is 17.8. The molecule has 0 spiro atoms. The van der Waals surface area contributed by atoms with Crippen LogP contribution < -0.4 is 5.32 Å². The van der Waals surface area contributed by atoms with Crippen LogP contribution in [-0.4, -0.2) is 30.3 Å². The van der Waals surface area contributed by atoms with Gasteiger partial charge >= 0.3 is 0 Å². The minimum absolute atomic E-state index is 0.0115. The van der Waals surface area contributed by atoms with Gasteiger partial charge in [0.15, 0.2) is 11.5 Å². The highest BCUT2D eigenvalue weighted by Crippen LogP contribution is 2.26. The van der Waals surface area contributed by atoms with E-state index in [9.17, 15) is 9.18 Å². The fraction of sp³-hybridized carbons (Fsp3) is 0.227. The molecule has 164 valence electrons. The molecule has 2 aromatic heterocycles. The van der Waals surface area contributed by atoms with Gasteiger partial charge in [-0.3, -0.25) is 10.1 Å². The van der Waals surface area contributed by atoms with Crippen molar-refractivity contribution in [3.63, 3.8) is 0 Å². The Morgan fingerprint density at radius 3 is 2.53 bits per heavy atom. The summed E-state index contributed by atoms with van der Waals surface area (Å²) in [6.45, 7) is 8.11. The quantitative estimate of drug-likeness (QED) is 0.386. The second-order valence-corrected chi connectivity index (χ2v) is 9.90. The third-order valence-corrected chi connectivity index (χ3v) is 6.03. The van der Waals surface area contributed by atoms with Crippen molar-refractivity contribution >= 4 is 38.5 Å². The number of rotatable bonds is 4. The fourth-order valence-electron chi connectivity index (χ4n) is 3.08. The first kappa shape index (κ1) is 22.2. The van der Waals surface area contributed by atoms with Gasteiger partial charge in [-0.2, -0.15) is 9.36 Å². The van der Waals surface area contributed by atoms with Crippen molar-refractivity contribution in [2.75, 3.05) is 5.32 Å². The average Bonchev–Trinajstić information content (AvgIpc) is 3.34. The maximum absolute atomic E-state index is 14.3. The summed E-state index contributed by atoms with van der Waals surface area (Å²) < 4.78 is 20.6. The molecule has 0 saturated heterocycles. The van der Waals surface area contributed by atoms with Gasteiger partial charge in [-0.1, -0.05) is 54.0 Å². The molecule has 0 unspecified atom stereocenters. The molecule has 7 nitrogen and oxygen atoms in total. The monoisotopic (exact) mass is 514 g/mol. The summed E-state index contributed by atoms with van der Waals surface area (Å²) in [6, 6.07) is 12.2. The molecule has 4 rings (SSSR count). The van der Waals surface area contributed by atoms with Crippen molar-refractivity contribution in [3.05, 3.63) is 69.6 Å². The zero-order valence-corrected chi connectivity index (χ0v) is 20.3. The van der Waals surface area contributed by atoms with Crippen LogP contribution in [0.5, 0.6) is 0 Å². The van der Waals surface area contributed by atoms with Crippen LogP contribution in [0.4, 0.5) is 9.52 Å². The molecular weight excluding hydrogens is 495 g/mol. The summed E-state index contributed by atoms with van der Waals surface area (Å²) in [5, 5.41) is 11.3. The Morgan fingerprint density at radius 1 is 1.16 bits per heavy atom. The standard InChI is InChI=1S/C22H20BrFN6OS/c1-12-18(27-29-30(12)17-10-9-15(23)11-16(17)24)19-25-21(32-28-19)26-20(31)13-5-7-14(8-6-13)22(2,3)4/h5-11H,1-4H3,(H,25,26,28,31). The number of aromatic nitrogens is 5. The van der Waals surface area contributed by atoms with Gasteiger partial charge in [0.2, 0.25) is 5.13 Å². The molecule has 2 heterocycles. The summed E-state index contributed by atoms with van der Waals surface area (Å²) >= 11 is 4.29. The Labute approximate surface area is 197 Å². The molecule has 2 aromatic carbocycles. The summed E-state index contributed by atoms with van der Waals surface area (Å²) in [7, 11) is 0. The van der Waals surface area contributed by atoms with Crippen LogP contribution >= 0.6 is 27.5 Å². The number of anilines is 1. The molecule has 0 aliphatic carbocycles. The molecular formula is C22H20BrFN6OS. The lowest BCUT2D eigenvalue weighted by atomic mass is 9.87. The topological polar surface area (TPSA) is 85.6 Å². The summed E-state index contributed by atoms with van der Waals surface area (Å²) in [6.07, 6.45) is 0. The smallest absolute Gasteiger partial charge is 0.257 e. The van der Waals surface area contributed by atoms with E-state index in [-0.39, 0.29) is 17.0 Å². The summed E-state index contributed by atoms with van der Waals surface area (Å²) in [5.74, 6) is -0.393. The molecule has 0 radical (unpaired) electrons. The van der Waals surface area contributed by atoms with Gasteiger partial charge in [-0.25, -0.2) is 9.07 Å². The van der Waals surface area contributed by atoms with Crippen molar-refractivity contribution in [1.82, 2.24) is 24.4 Å². The van der Waals surface area contributed by atoms with E-state index >= 15 is 0 Å². The highest BCUT2D eigenvalue weighted by Gasteiger charge is 2.20. The van der Waals surface area contributed by atoms with Gasteiger partial charge < -0.3 is 0 Å². The largest absolute Gasteiger partial charge is 0.297 e. The zero-order chi connectivity index (χ0) is 23.0. The van der Waals surface area contributed by atoms with Crippen LogP contribution in [0.2, 0.25) is 0 Å². The van der Waals surface area contributed by atoms with Crippen molar-refractivity contribution < 1.29 is 9.18 Å². The maximum atomic E-state index is 14.3. The Kier molecular flexibility index (Phi) is 5.91. The normalized spacial score (nSPS) is 11.6. The fourth-order valence-corrected chi connectivity index (χ4v) is 3.98. The Hall–Kier alpha value is -2.98. The molecule has 0 fully saturated rings. The van der Waals surface area contributed by atoms with Gasteiger partial charge in [0.1, 0.15) is 11.5 Å². The molecule has 0 aliphatic heterocycles. The van der Waals surface area contributed by atoms with Crippen LogP contribution in [0.25, 0.3) is 17.2 Å². The lowest BCUT2D eigenvalue weighted by molar-refractivity contribution is 0.102. The van der Waals surface area contributed by atoms with Gasteiger partial charge in [0.25, 0.3) is 5.91 Å². The number of amides is 1. The second kappa shape index (κ2) is 8.51. The highest BCUT2D eigenvalue weighted by atomic mass is 79.9. The van der Waals surface area contributed by atoms with E-state index in [1.165, 1.54) is 10.7 Å². The molecule has 1 amide bonds. The molecule has 4 aromatic rings. The minimum atomic E-state index is -0.435. The molecule has 0 aliphatic rings. The van der Waals surface area contributed by atoms with Crippen LogP contribution in [0, 0.1) is 12.7 Å². The lowest BCUT2D eigenvalue weighted by Gasteiger charge is -2.18. The first-order valence-corrected chi connectivity index (χ1v) is 11.3. The predicted octanol–water partition coefficient (Wildman–Crippen LogP) is 5.55. The molecule has 0 atom stereocenters. The molecule has 32 heavy (non-hydrogen) atoms. The number of carbonyl (C=O) groups excluding carboxylic acids is 1. The van der Waals surface area contributed by atoms with Crippen LogP contribution in [-0.2, 0) is 5.41 Å². The van der Waals surface area contributed by atoms with Crippen molar-refractivity contribution in [3.8, 4) is 17.2 Å². The lowest BCUT2D eigenvalue weighted by Crippen LogP contribution is -2.14. The van der Waals surface area contributed by atoms with Crippen LogP contribution in [0.15, 0.2) is 46.9 Å². The van der Waals surface area contributed by atoms with Crippen molar-refractivity contribution in [2.24, 2.45) is 0 Å². The number of benzene rings is 2. The average molecular weight is 515 g/mol. The number of hydrogen-bond acceptors (Lipinski definition) is 6. The van der Waals surface area contributed by atoms with Gasteiger partial charge in [-0.15, -0.1) is 5.10 Å². The Balaban J connectivity index is 1.53. The predicted molar refractivity (Wildman–Crippen MR) is 126 cm³/mol. The van der Waals surface area contributed by atoms with Crippen LogP contribution in [0.3, 0.4) is 0 Å². The number of nitrogens with zero attached hydrogens (tertiary/aromatic N) is 5. The molecule has 0 bridgehead atoms. The molecule has 0 saturated carbocycles. The van der Waals surface area contributed by atoms with Crippen molar-refractivity contribution in [2.45, 2.75) is 33.1 Å². The number of hydrogen-bond donors (Lipinski definition) is 1. The van der Waals surface area contributed by atoms with E-state index in [2.05, 4.69) is 61.7 Å². The van der Waals surface area contributed by atoms with Crippen molar-refractivity contribution in [1.29, 1.82) is 0 Å². The van der Waals surface area contributed by atoms with E-state index in [0.29, 0.717) is 32.4 Å². The Bertz CT molecular complexity index is 1290. The SMILES string of the molecule is Cc1c(-c2nsc(NC(=O)c3ccc(C(C)(C)C)cc3)n2)nnn1-c1ccc(Br)cc1F. The van der Waals surface area contributed by atoms with E-state index in [1.807, 2.05) is 12.1 Å². The summed E-state index contributed by atoms with van der Waals surface area (Å²) in [5.41, 5.74) is 2.96. The van der Waals surface area contributed by atoms with Gasteiger partial charge in [0.05, 0.1) is 5.69 Å². The number of halogens is 2. The highest BCUT2D eigenvalue weighted by molar-refractivity contribution is 9.10. The van der Waals surface area contributed by atoms with Gasteiger partial charge in [0, 0.05) is 21.6 Å². The molecule has 10 heteroatoms. The van der Waals surface area contributed by atoms with E-state index in [1.54, 1.807) is 31.2 Å². The first-order valence-electron chi connectivity index (χ1n) is 9.77. The van der Waals surface area contributed by atoms with Gasteiger partial charge in [-0.05, 0) is 48.2 Å². The van der Waals surface area contributed by atoms with E-state index in [0.717, 1.165) is 17.1 Å². The molecule has 1 N–H and O–H groups in total. The Morgan fingerprint density at radius 2 is 1.88 bits per heavy atom. The maximum Gasteiger partial charge on any atom is 0.257 e.